The van der Waals surface area contributed by atoms with E-state index in [4.69, 9.17) is 5.73 Å². The number of carbonyl (C=O) groups excluding carboxylic acids is 1. The van der Waals surface area contributed by atoms with Gasteiger partial charge < -0.3 is 10.6 Å². The molecule has 0 spiro atoms. The lowest BCUT2D eigenvalue weighted by Gasteiger charge is -2.31. The molecule has 1 amide bonds. The first kappa shape index (κ1) is 14.9. The molecular weight excluding hydrogens is 250 g/mol. The number of primary amides is 1. The van der Waals surface area contributed by atoms with Crippen LogP contribution in [0.2, 0.25) is 0 Å². The van der Waals surface area contributed by atoms with E-state index in [9.17, 15) is 4.79 Å². The van der Waals surface area contributed by atoms with Gasteiger partial charge in [-0.1, -0.05) is 19.1 Å². The zero-order valence-electron chi connectivity index (χ0n) is 12.7. The number of hydrogen-bond acceptors (Lipinski definition) is 3. The topological polar surface area (TPSA) is 49.6 Å². The summed E-state index contributed by atoms with van der Waals surface area (Å²) >= 11 is 0. The Morgan fingerprint density at radius 3 is 2.85 bits per heavy atom. The maximum atomic E-state index is 11.6. The normalized spacial score (nSPS) is 20.9. The Hall–Kier alpha value is -1.55. The molecule has 2 rings (SSSR count). The summed E-state index contributed by atoms with van der Waals surface area (Å²) in [4.78, 5) is 16.0. The first-order valence-corrected chi connectivity index (χ1v) is 7.37. The first-order chi connectivity index (χ1) is 9.54. The molecule has 1 fully saturated rings. The second kappa shape index (κ2) is 6.27. The number of nitrogens with two attached hydrogens (primary N) is 1. The zero-order valence-corrected chi connectivity index (χ0v) is 12.7. The number of nitrogens with zero attached hydrogens (tertiary/aromatic N) is 2. The molecule has 1 aliphatic heterocycles. The Morgan fingerprint density at radius 2 is 2.25 bits per heavy atom. The second-order valence-corrected chi connectivity index (χ2v) is 5.71. The quantitative estimate of drug-likeness (QED) is 0.896. The standard InChI is InChI=1S/C16H25N3O/c1-4-14(16(17)20)19-10-6-9-15(19)12-7-5-8-13(11-12)18(2)3/h5,7-8,11,14-15H,4,6,9-10H2,1-3H3,(H2,17,20). The van der Waals surface area contributed by atoms with E-state index in [0.717, 1.165) is 25.8 Å². The van der Waals surface area contributed by atoms with Crippen LogP contribution in [0.15, 0.2) is 24.3 Å². The molecule has 1 saturated heterocycles. The highest BCUT2D eigenvalue weighted by Gasteiger charge is 2.33. The fourth-order valence-corrected chi connectivity index (χ4v) is 3.13. The minimum atomic E-state index is -0.205. The summed E-state index contributed by atoms with van der Waals surface area (Å²) in [5.74, 6) is -0.205. The molecule has 1 aliphatic rings. The van der Waals surface area contributed by atoms with Gasteiger partial charge in [-0.25, -0.2) is 0 Å². The Bertz CT molecular complexity index is 473. The predicted octanol–water partition coefficient (Wildman–Crippen LogP) is 2.15. The molecule has 0 radical (unpaired) electrons. The Morgan fingerprint density at radius 1 is 1.50 bits per heavy atom. The number of hydrogen-bond donors (Lipinski definition) is 1. The van der Waals surface area contributed by atoms with Crippen molar-refractivity contribution in [2.75, 3.05) is 25.5 Å². The van der Waals surface area contributed by atoms with Crippen LogP contribution in [0.1, 0.15) is 37.8 Å². The van der Waals surface area contributed by atoms with E-state index < -0.39 is 0 Å². The number of carbonyl (C=O) groups is 1. The van der Waals surface area contributed by atoms with Gasteiger partial charge in [0.25, 0.3) is 0 Å². The predicted molar refractivity (Wildman–Crippen MR) is 82.7 cm³/mol. The molecule has 20 heavy (non-hydrogen) atoms. The van der Waals surface area contributed by atoms with Crippen molar-refractivity contribution in [3.8, 4) is 0 Å². The summed E-state index contributed by atoms with van der Waals surface area (Å²) in [5, 5.41) is 0. The van der Waals surface area contributed by atoms with Gasteiger partial charge in [-0.3, -0.25) is 9.69 Å². The third kappa shape index (κ3) is 2.96. The Balaban J connectivity index is 2.26. The lowest BCUT2D eigenvalue weighted by Crippen LogP contribution is -2.43. The molecule has 1 aromatic rings. The van der Waals surface area contributed by atoms with Crippen molar-refractivity contribution in [1.29, 1.82) is 0 Å². The van der Waals surface area contributed by atoms with Crippen LogP contribution in [0.3, 0.4) is 0 Å². The van der Waals surface area contributed by atoms with Gasteiger partial charge in [-0.15, -0.1) is 0 Å². The van der Waals surface area contributed by atoms with Gasteiger partial charge in [-0.05, 0) is 43.5 Å². The van der Waals surface area contributed by atoms with E-state index in [-0.39, 0.29) is 11.9 Å². The molecule has 1 heterocycles. The smallest absolute Gasteiger partial charge is 0.234 e. The summed E-state index contributed by atoms with van der Waals surface area (Å²) in [6, 6.07) is 8.74. The van der Waals surface area contributed by atoms with E-state index in [1.165, 1.54) is 11.3 Å². The number of benzene rings is 1. The van der Waals surface area contributed by atoms with Crippen LogP contribution >= 0.6 is 0 Å². The maximum absolute atomic E-state index is 11.6. The monoisotopic (exact) mass is 275 g/mol. The van der Waals surface area contributed by atoms with Crippen LogP contribution < -0.4 is 10.6 Å². The van der Waals surface area contributed by atoms with Crippen molar-refractivity contribution in [1.82, 2.24) is 4.90 Å². The minimum absolute atomic E-state index is 0.148. The van der Waals surface area contributed by atoms with Gasteiger partial charge in [-0.2, -0.15) is 0 Å². The van der Waals surface area contributed by atoms with E-state index in [1.54, 1.807) is 0 Å². The molecule has 2 unspecified atom stereocenters. The summed E-state index contributed by atoms with van der Waals surface area (Å²) in [6.45, 7) is 2.99. The van der Waals surface area contributed by atoms with Crippen molar-refractivity contribution < 1.29 is 4.79 Å². The van der Waals surface area contributed by atoms with Crippen molar-refractivity contribution in [3.05, 3.63) is 29.8 Å². The minimum Gasteiger partial charge on any atom is -0.378 e. The van der Waals surface area contributed by atoms with Crippen LogP contribution in [0.5, 0.6) is 0 Å². The van der Waals surface area contributed by atoms with E-state index >= 15 is 0 Å². The van der Waals surface area contributed by atoms with Gasteiger partial charge >= 0.3 is 0 Å². The van der Waals surface area contributed by atoms with Gasteiger partial charge in [0.1, 0.15) is 0 Å². The highest BCUT2D eigenvalue weighted by Crippen LogP contribution is 2.35. The zero-order chi connectivity index (χ0) is 14.7. The maximum Gasteiger partial charge on any atom is 0.234 e. The third-order valence-electron chi connectivity index (χ3n) is 4.18. The molecule has 4 nitrogen and oxygen atoms in total. The summed E-state index contributed by atoms with van der Waals surface area (Å²) in [5.41, 5.74) is 8.04. The average Bonchev–Trinajstić information content (AvgIpc) is 2.88. The number of anilines is 1. The highest BCUT2D eigenvalue weighted by atomic mass is 16.1. The summed E-state index contributed by atoms with van der Waals surface area (Å²) in [6.07, 6.45) is 3.00. The molecule has 2 N–H and O–H groups in total. The number of rotatable bonds is 5. The lowest BCUT2D eigenvalue weighted by atomic mass is 10.0. The second-order valence-electron chi connectivity index (χ2n) is 5.71. The molecular formula is C16H25N3O. The molecule has 0 aromatic heterocycles. The largest absolute Gasteiger partial charge is 0.378 e. The van der Waals surface area contributed by atoms with Crippen LogP contribution in [0.25, 0.3) is 0 Å². The SMILES string of the molecule is CCC(C(N)=O)N1CCCC1c1cccc(N(C)C)c1. The van der Waals surface area contributed by atoms with Crippen LogP contribution in [0.4, 0.5) is 5.69 Å². The molecule has 1 aromatic carbocycles. The van der Waals surface area contributed by atoms with Crippen molar-refractivity contribution in [2.24, 2.45) is 5.73 Å². The summed E-state index contributed by atoms with van der Waals surface area (Å²) < 4.78 is 0. The van der Waals surface area contributed by atoms with Gasteiger partial charge in [0, 0.05) is 25.8 Å². The van der Waals surface area contributed by atoms with Gasteiger partial charge in [0.15, 0.2) is 0 Å². The van der Waals surface area contributed by atoms with Crippen LogP contribution in [-0.2, 0) is 4.79 Å². The average molecular weight is 275 g/mol. The van der Waals surface area contributed by atoms with Crippen LogP contribution in [0, 0.1) is 0 Å². The Labute approximate surface area is 121 Å². The van der Waals surface area contributed by atoms with E-state index in [0.29, 0.717) is 6.04 Å². The van der Waals surface area contributed by atoms with E-state index in [1.807, 2.05) is 21.0 Å². The first-order valence-electron chi connectivity index (χ1n) is 7.37. The molecule has 0 aliphatic carbocycles. The van der Waals surface area contributed by atoms with Crippen molar-refractivity contribution in [2.45, 2.75) is 38.3 Å². The molecule has 2 atom stereocenters. The highest BCUT2D eigenvalue weighted by molar-refractivity contribution is 5.79. The number of amides is 1. The fraction of sp³-hybridized carbons (Fsp3) is 0.562. The molecule has 4 heteroatoms. The van der Waals surface area contributed by atoms with Crippen molar-refractivity contribution >= 4 is 11.6 Å². The van der Waals surface area contributed by atoms with Gasteiger partial charge in [0.2, 0.25) is 5.91 Å². The van der Waals surface area contributed by atoms with Gasteiger partial charge in [0.05, 0.1) is 6.04 Å². The fourth-order valence-electron chi connectivity index (χ4n) is 3.13. The number of likely N-dealkylation sites (tertiary alicyclic amines) is 1. The Kier molecular flexibility index (Phi) is 4.65. The third-order valence-corrected chi connectivity index (χ3v) is 4.18. The van der Waals surface area contributed by atoms with E-state index in [2.05, 4.69) is 34.1 Å². The summed E-state index contributed by atoms with van der Waals surface area (Å²) in [7, 11) is 4.09. The van der Waals surface area contributed by atoms with Crippen molar-refractivity contribution in [3.63, 3.8) is 0 Å². The molecule has 0 saturated carbocycles. The van der Waals surface area contributed by atoms with Crippen LogP contribution in [-0.4, -0.2) is 37.5 Å². The molecule has 110 valence electrons. The lowest BCUT2D eigenvalue weighted by molar-refractivity contribution is -0.123. The molecule has 0 bridgehead atoms.